The van der Waals surface area contributed by atoms with Gasteiger partial charge in [0.2, 0.25) is 17.7 Å². The molecule has 13 nitrogen and oxygen atoms in total. The zero-order chi connectivity index (χ0) is 36.0. The van der Waals surface area contributed by atoms with Gasteiger partial charge in [-0.1, -0.05) is 43.3 Å². The molecular weight excluding hydrogens is 662 g/mol. The number of benzene rings is 3. The van der Waals surface area contributed by atoms with Gasteiger partial charge in [0, 0.05) is 48.7 Å². The van der Waals surface area contributed by atoms with Crippen molar-refractivity contribution >= 4 is 29.3 Å². The SMILES string of the molecule is CC(C)(c1ccc(Oc2cc(-n3ccnn3)ccn2)cc1)c1ccc(OC2CC(Nc3ccc4c(c3)C(=O)N(C3CCC(=O)NC3=O)C4=O)C2)cc1. The molecule has 5 aromatic rings. The number of rotatable bonds is 10. The molecule has 262 valence electrons. The Morgan fingerprint density at radius 2 is 1.54 bits per heavy atom. The fraction of sp³-hybridized carbons (Fsp3) is 0.256. The summed E-state index contributed by atoms with van der Waals surface area (Å²) in [6, 6.07) is 24.0. The van der Waals surface area contributed by atoms with E-state index in [1.165, 1.54) is 0 Å². The number of pyridine rings is 1. The van der Waals surface area contributed by atoms with Crippen LogP contribution in [-0.4, -0.2) is 66.7 Å². The van der Waals surface area contributed by atoms with Crippen molar-refractivity contribution in [3.63, 3.8) is 0 Å². The molecule has 2 fully saturated rings. The molecule has 1 atom stereocenters. The van der Waals surface area contributed by atoms with Crippen molar-refractivity contribution in [2.24, 2.45) is 0 Å². The molecule has 4 heterocycles. The fourth-order valence-electron chi connectivity index (χ4n) is 6.89. The lowest BCUT2D eigenvalue weighted by Gasteiger charge is -2.36. The monoisotopic (exact) mass is 697 g/mol. The molecule has 2 N–H and O–H groups in total. The van der Waals surface area contributed by atoms with E-state index in [9.17, 15) is 19.2 Å². The molecule has 1 aliphatic carbocycles. The quantitative estimate of drug-likeness (QED) is 0.186. The van der Waals surface area contributed by atoms with Crippen LogP contribution in [0.3, 0.4) is 0 Å². The molecule has 2 aromatic heterocycles. The first kappa shape index (κ1) is 32.8. The van der Waals surface area contributed by atoms with E-state index in [0.717, 1.165) is 40.3 Å². The Kier molecular flexibility index (Phi) is 8.25. The first-order chi connectivity index (χ1) is 25.1. The number of nitrogens with zero attached hydrogens (tertiary/aromatic N) is 5. The summed E-state index contributed by atoms with van der Waals surface area (Å²) in [5.74, 6) is -0.136. The largest absolute Gasteiger partial charge is 0.490 e. The lowest BCUT2D eigenvalue weighted by molar-refractivity contribution is -0.136. The summed E-state index contributed by atoms with van der Waals surface area (Å²) in [6.45, 7) is 4.36. The number of carbonyl (C=O) groups excluding carboxylic acids is 4. The van der Waals surface area contributed by atoms with Crippen LogP contribution in [-0.2, 0) is 15.0 Å². The Balaban J connectivity index is 0.840. The van der Waals surface area contributed by atoms with E-state index in [1.54, 1.807) is 47.5 Å². The molecule has 1 saturated carbocycles. The van der Waals surface area contributed by atoms with Gasteiger partial charge in [0.25, 0.3) is 11.8 Å². The molecule has 0 spiro atoms. The standard InChI is InChI=1S/C39H35N7O6/c1-39(2,24-5-10-29(11-6-24)52-35-22-27(15-16-40-35)45-18-17-41-44-45)23-3-8-28(9-4-23)51-30-19-26(20-30)42-25-7-12-31-32(21-25)38(50)46(37(31)49)33-13-14-34(47)43-36(33)48/h3-12,15-18,21-22,26,30,33,42H,13-14,19-20H2,1-2H3,(H,43,47,48). The average molecular weight is 698 g/mol. The molecule has 2 aliphatic heterocycles. The Labute approximate surface area is 298 Å². The van der Waals surface area contributed by atoms with Crippen molar-refractivity contribution in [1.29, 1.82) is 0 Å². The predicted molar refractivity (Wildman–Crippen MR) is 188 cm³/mol. The fourth-order valence-corrected chi connectivity index (χ4v) is 6.89. The van der Waals surface area contributed by atoms with Gasteiger partial charge in [-0.25, -0.2) is 9.67 Å². The number of piperidine rings is 1. The second kappa shape index (κ2) is 13.1. The number of aromatic nitrogens is 4. The minimum absolute atomic E-state index is 0.0379. The van der Waals surface area contributed by atoms with Gasteiger partial charge >= 0.3 is 0 Å². The maximum Gasteiger partial charge on any atom is 0.262 e. The Hall–Kier alpha value is -6.37. The van der Waals surface area contributed by atoms with Gasteiger partial charge in [-0.15, -0.1) is 5.10 Å². The topological polar surface area (TPSA) is 158 Å². The lowest BCUT2D eigenvalue weighted by atomic mass is 9.78. The van der Waals surface area contributed by atoms with Gasteiger partial charge < -0.3 is 14.8 Å². The number of imide groups is 2. The number of hydrogen-bond acceptors (Lipinski definition) is 10. The van der Waals surface area contributed by atoms with Crippen LogP contribution in [0.1, 0.15) is 71.4 Å². The van der Waals surface area contributed by atoms with Crippen LogP contribution in [0.5, 0.6) is 17.4 Å². The van der Waals surface area contributed by atoms with E-state index in [0.29, 0.717) is 17.3 Å². The highest BCUT2D eigenvalue weighted by molar-refractivity contribution is 6.23. The molecule has 0 bridgehead atoms. The number of fused-ring (bicyclic) bond motifs is 1. The van der Waals surface area contributed by atoms with Crippen molar-refractivity contribution in [3.05, 3.63) is 120 Å². The minimum Gasteiger partial charge on any atom is -0.490 e. The van der Waals surface area contributed by atoms with E-state index in [1.807, 2.05) is 30.3 Å². The van der Waals surface area contributed by atoms with Crippen molar-refractivity contribution in [2.75, 3.05) is 5.32 Å². The summed E-state index contributed by atoms with van der Waals surface area (Å²) >= 11 is 0. The van der Waals surface area contributed by atoms with Crippen LogP contribution in [0.15, 0.2) is 97.5 Å². The van der Waals surface area contributed by atoms with Crippen LogP contribution >= 0.6 is 0 Å². The third-order valence-electron chi connectivity index (χ3n) is 9.99. The third-order valence-corrected chi connectivity index (χ3v) is 9.99. The highest BCUT2D eigenvalue weighted by Crippen LogP contribution is 2.36. The van der Waals surface area contributed by atoms with Crippen LogP contribution in [0, 0.1) is 0 Å². The number of carbonyl (C=O) groups is 4. The zero-order valence-electron chi connectivity index (χ0n) is 28.5. The van der Waals surface area contributed by atoms with Crippen LogP contribution < -0.4 is 20.1 Å². The third kappa shape index (κ3) is 6.25. The maximum absolute atomic E-state index is 13.2. The Morgan fingerprint density at radius 1 is 0.827 bits per heavy atom. The summed E-state index contributed by atoms with van der Waals surface area (Å²) in [4.78, 5) is 55.4. The highest BCUT2D eigenvalue weighted by Gasteiger charge is 2.45. The van der Waals surface area contributed by atoms with E-state index >= 15 is 0 Å². The van der Waals surface area contributed by atoms with E-state index in [-0.39, 0.29) is 41.5 Å². The second-order valence-corrected chi connectivity index (χ2v) is 13.7. The normalized spacial score (nSPS) is 19.9. The summed E-state index contributed by atoms with van der Waals surface area (Å²) in [6.07, 6.45) is 6.83. The molecule has 3 aliphatic rings. The maximum atomic E-state index is 13.2. The van der Waals surface area contributed by atoms with Crippen LogP contribution in [0.2, 0.25) is 0 Å². The minimum atomic E-state index is -0.988. The molecular formula is C39H35N7O6. The van der Waals surface area contributed by atoms with E-state index in [2.05, 4.69) is 64.0 Å². The molecule has 52 heavy (non-hydrogen) atoms. The van der Waals surface area contributed by atoms with Crippen molar-refractivity contribution in [1.82, 2.24) is 30.2 Å². The first-order valence-electron chi connectivity index (χ1n) is 17.1. The summed E-state index contributed by atoms with van der Waals surface area (Å²) < 4.78 is 13.9. The number of nitrogens with one attached hydrogen (secondary N) is 2. The zero-order valence-corrected chi connectivity index (χ0v) is 28.5. The van der Waals surface area contributed by atoms with Gasteiger partial charge in [-0.2, -0.15) is 0 Å². The Morgan fingerprint density at radius 3 is 2.23 bits per heavy atom. The molecule has 3 aromatic carbocycles. The number of ether oxygens (including phenoxy) is 2. The summed E-state index contributed by atoms with van der Waals surface area (Å²) in [5.41, 5.74) is 4.03. The number of anilines is 1. The highest BCUT2D eigenvalue weighted by atomic mass is 16.5. The number of amides is 4. The predicted octanol–water partition coefficient (Wildman–Crippen LogP) is 5.20. The van der Waals surface area contributed by atoms with Gasteiger partial charge in [0.15, 0.2) is 0 Å². The van der Waals surface area contributed by atoms with Crippen LogP contribution in [0.25, 0.3) is 5.69 Å². The molecule has 0 radical (unpaired) electrons. The molecule has 4 amide bonds. The van der Waals surface area contributed by atoms with Crippen molar-refractivity contribution in [3.8, 4) is 23.1 Å². The molecule has 8 rings (SSSR count). The van der Waals surface area contributed by atoms with Gasteiger partial charge in [0.05, 0.1) is 29.2 Å². The summed E-state index contributed by atoms with van der Waals surface area (Å²) in [7, 11) is 0. The molecule has 13 heteroatoms. The van der Waals surface area contributed by atoms with Crippen LogP contribution in [0.4, 0.5) is 5.69 Å². The first-order valence-corrected chi connectivity index (χ1v) is 17.1. The van der Waals surface area contributed by atoms with Gasteiger partial charge in [-0.3, -0.25) is 29.4 Å². The number of hydrogen-bond donors (Lipinski definition) is 2. The van der Waals surface area contributed by atoms with Gasteiger partial charge in [0.1, 0.15) is 23.6 Å². The average Bonchev–Trinajstić information content (AvgIpc) is 3.75. The summed E-state index contributed by atoms with van der Waals surface area (Å²) in [5, 5.41) is 13.5. The van der Waals surface area contributed by atoms with Crippen molar-refractivity contribution in [2.45, 2.75) is 63.1 Å². The lowest BCUT2D eigenvalue weighted by Crippen LogP contribution is -2.54. The smallest absolute Gasteiger partial charge is 0.262 e. The Bertz CT molecular complexity index is 2180. The van der Waals surface area contributed by atoms with Gasteiger partial charge in [-0.05, 0) is 66.1 Å². The van der Waals surface area contributed by atoms with Crippen molar-refractivity contribution < 1.29 is 28.7 Å². The molecule has 1 unspecified atom stereocenters. The second-order valence-electron chi connectivity index (χ2n) is 13.7. The molecule has 1 saturated heterocycles. The van der Waals surface area contributed by atoms with E-state index in [4.69, 9.17) is 9.47 Å². The van der Waals surface area contributed by atoms with E-state index < -0.39 is 29.7 Å².